The van der Waals surface area contributed by atoms with Crippen molar-refractivity contribution in [2.75, 3.05) is 7.11 Å². The molecule has 3 nitrogen and oxygen atoms in total. The second kappa shape index (κ2) is 7.08. The summed E-state index contributed by atoms with van der Waals surface area (Å²) in [5.74, 6) is -0.329. The summed E-state index contributed by atoms with van der Waals surface area (Å²) < 4.78 is 4.73. The third kappa shape index (κ3) is 3.59. The first kappa shape index (κ1) is 16.2. The predicted molar refractivity (Wildman–Crippen MR) is 83.1 cm³/mol. The average molecular weight is 292 g/mol. The van der Waals surface area contributed by atoms with Crippen LogP contribution in [0.15, 0.2) is 48.5 Å². The van der Waals surface area contributed by atoms with Crippen molar-refractivity contribution < 1.29 is 9.53 Å². The van der Waals surface area contributed by atoms with Gasteiger partial charge >= 0.3 is 5.97 Å². The molecule has 2 aromatic carbocycles. The van der Waals surface area contributed by atoms with Gasteiger partial charge < -0.3 is 10.5 Å². The highest BCUT2D eigenvalue weighted by Crippen LogP contribution is 2.23. The molecule has 0 radical (unpaired) electrons. The fourth-order valence-electron chi connectivity index (χ4n) is 1.95. The Morgan fingerprint density at radius 3 is 2.30 bits per heavy atom. The van der Waals surface area contributed by atoms with Crippen molar-refractivity contribution >= 4 is 18.4 Å². The van der Waals surface area contributed by atoms with Crippen LogP contribution < -0.4 is 5.73 Å². The minimum atomic E-state index is -0.329. The molecule has 106 valence electrons. The van der Waals surface area contributed by atoms with E-state index in [1.54, 1.807) is 6.07 Å². The van der Waals surface area contributed by atoms with Crippen LogP contribution in [0.2, 0.25) is 0 Å². The molecule has 1 atom stereocenters. The lowest BCUT2D eigenvalue weighted by atomic mass is 9.99. The molecule has 0 aliphatic rings. The fraction of sp³-hybridized carbons (Fsp3) is 0.188. The third-order valence-corrected chi connectivity index (χ3v) is 3.03. The molecule has 0 aliphatic heterocycles. The molecule has 0 amide bonds. The summed E-state index contributed by atoms with van der Waals surface area (Å²) >= 11 is 0. The van der Waals surface area contributed by atoms with Gasteiger partial charge in [0.15, 0.2) is 0 Å². The van der Waals surface area contributed by atoms with E-state index in [-0.39, 0.29) is 24.4 Å². The van der Waals surface area contributed by atoms with Crippen LogP contribution in [0, 0.1) is 0 Å². The number of halogens is 1. The van der Waals surface area contributed by atoms with Crippen LogP contribution in [-0.4, -0.2) is 13.1 Å². The molecule has 2 rings (SSSR count). The van der Waals surface area contributed by atoms with E-state index in [1.165, 1.54) is 7.11 Å². The third-order valence-electron chi connectivity index (χ3n) is 3.03. The van der Waals surface area contributed by atoms with Gasteiger partial charge in [0, 0.05) is 6.04 Å². The molecule has 0 heterocycles. The molecule has 0 bridgehead atoms. The number of hydrogen-bond acceptors (Lipinski definition) is 3. The Morgan fingerprint density at radius 2 is 1.70 bits per heavy atom. The maximum Gasteiger partial charge on any atom is 0.337 e. The molecular weight excluding hydrogens is 274 g/mol. The quantitative estimate of drug-likeness (QED) is 0.879. The highest BCUT2D eigenvalue weighted by Gasteiger charge is 2.07. The van der Waals surface area contributed by atoms with Gasteiger partial charge in [0.1, 0.15) is 0 Å². The monoisotopic (exact) mass is 291 g/mol. The SMILES string of the molecule is COC(=O)c1cccc(-c2cccc([C@@H](C)N)c2)c1.Cl. The Hall–Kier alpha value is -1.84. The number of benzene rings is 2. The summed E-state index contributed by atoms with van der Waals surface area (Å²) in [6.45, 7) is 1.95. The van der Waals surface area contributed by atoms with E-state index in [4.69, 9.17) is 10.5 Å². The summed E-state index contributed by atoms with van der Waals surface area (Å²) in [6, 6.07) is 15.4. The molecule has 0 aromatic heterocycles. The van der Waals surface area contributed by atoms with Crippen molar-refractivity contribution in [2.45, 2.75) is 13.0 Å². The Labute approximate surface area is 125 Å². The first-order chi connectivity index (χ1) is 9.11. The van der Waals surface area contributed by atoms with Gasteiger partial charge in [0.05, 0.1) is 12.7 Å². The highest BCUT2D eigenvalue weighted by molar-refractivity contribution is 5.91. The first-order valence-corrected chi connectivity index (χ1v) is 6.16. The fourth-order valence-corrected chi connectivity index (χ4v) is 1.95. The van der Waals surface area contributed by atoms with E-state index in [1.807, 2.05) is 49.4 Å². The zero-order valence-electron chi connectivity index (χ0n) is 11.5. The van der Waals surface area contributed by atoms with E-state index in [9.17, 15) is 4.79 Å². The Bertz CT molecular complexity index is 597. The number of ether oxygens (including phenoxy) is 1. The van der Waals surface area contributed by atoms with Crippen LogP contribution in [0.5, 0.6) is 0 Å². The molecule has 20 heavy (non-hydrogen) atoms. The topological polar surface area (TPSA) is 52.3 Å². The van der Waals surface area contributed by atoms with Gasteiger partial charge in [-0.3, -0.25) is 0 Å². The van der Waals surface area contributed by atoms with Crippen LogP contribution in [0.1, 0.15) is 28.9 Å². The number of nitrogens with two attached hydrogens (primary N) is 1. The zero-order chi connectivity index (χ0) is 13.8. The lowest BCUT2D eigenvalue weighted by Gasteiger charge is -2.09. The molecule has 0 unspecified atom stereocenters. The molecule has 0 saturated heterocycles. The van der Waals surface area contributed by atoms with Gasteiger partial charge in [-0.1, -0.05) is 30.3 Å². The number of carbonyl (C=O) groups is 1. The molecule has 0 fully saturated rings. The number of rotatable bonds is 3. The normalized spacial score (nSPS) is 11.3. The van der Waals surface area contributed by atoms with Gasteiger partial charge in [-0.25, -0.2) is 4.79 Å². The van der Waals surface area contributed by atoms with E-state index < -0.39 is 0 Å². The molecule has 2 aromatic rings. The maximum absolute atomic E-state index is 11.5. The minimum absolute atomic E-state index is 0. The van der Waals surface area contributed by atoms with Crippen LogP contribution >= 0.6 is 12.4 Å². The second-order valence-corrected chi connectivity index (χ2v) is 4.49. The average Bonchev–Trinajstić information content (AvgIpc) is 2.46. The first-order valence-electron chi connectivity index (χ1n) is 6.16. The summed E-state index contributed by atoms with van der Waals surface area (Å²) in [6.07, 6.45) is 0. The highest BCUT2D eigenvalue weighted by atomic mass is 35.5. The smallest absolute Gasteiger partial charge is 0.337 e. The van der Waals surface area contributed by atoms with Crippen molar-refractivity contribution in [3.8, 4) is 11.1 Å². The lowest BCUT2D eigenvalue weighted by Crippen LogP contribution is -2.04. The Morgan fingerprint density at radius 1 is 1.10 bits per heavy atom. The van der Waals surface area contributed by atoms with Gasteiger partial charge in [-0.05, 0) is 41.8 Å². The minimum Gasteiger partial charge on any atom is -0.465 e. The van der Waals surface area contributed by atoms with E-state index >= 15 is 0 Å². The van der Waals surface area contributed by atoms with Crippen LogP contribution in [0.25, 0.3) is 11.1 Å². The van der Waals surface area contributed by atoms with Crippen molar-refractivity contribution in [2.24, 2.45) is 5.73 Å². The molecule has 0 saturated carbocycles. The van der Waals surface area contributed by atoms with E-state index in [0.717, 1.165) is 16.7 Å². The van der Waals surface area contributed by atoms with Crippen molar-refractivity contribution in [1.82, 2.24) is 0 Å². The largest absolute Gasteiger partial charge is 0.465 e. The molecule has 4 heteroatoms. The van der Waals surface area contributed by atoms with Crippen LogP contribution in [-0.2, 0) is 4.74 Å². The van der Waals surface area contributed by atoms with Crippen molar-refractivity contribution in [3.63, 3.8) is 0 Å². The number of carbonyl (C=O) groups excluding carboxylic acids is 1. The van der Waals surface area contributed by atoms with E-state index in [2.05, 4.69) is 0 Å². The zero-order valence-corrected chi connectivity index (χ0v) is 12.3. The maximum atomic E-state index is 11.5. The Balaban J connectivity index is 0.00000200. The second-order valence-electron chi connectivity index (χ2n) is 4.49. The molecule has 0 spiro atoms. The Kier molecular flexibility index (Phi) is 5.74. The standard InChI is InChI=1S/C16H17NO2.ClH/c1-11(17)12-5-3-6-13(9-12)14-7-4-8-15(10-14)16(18)19-2;/h3-11H,17H2,1-2H3;1H/t11-;/m1./s1. The summed E-state index contributed by atoms with van der Waals surface area (Å²) in [5.41, 5.74) is 9.52. The van der Waals surface area contributed by atoms with Crippen LogP contribution in [0.3, 0.4) is 0 Å². The van der Waals surface area contributed by atoms with Gasteiger partial charge in [-0.15, -0.1) is 12.4 Å². The molecule has 0 aliphatic carbocycles. The molecule has 2 N–H and O–H groups in total. The lowest BCUT2D eigenvalue weighted by molar-refractivity contribution is 0.0601. The number of esters is 1. The number of methoxy groups -OCH3 is 1. The summed E-state index contributed by atoms with van der Waals surface area (Å²) in [5, 5.41) is 0. The van der Waals surface area contributed by atoms with Crippen molar-refractivity contribution in [3.05, 3.63) is 59.7 Å². The van der Waals surface area contributed by atoms with Gasteiger partial charge in [0.25, 0.3) is 0 Å². The van der Waals surface area contributed by atoms with Gasteiger partial charge in [0.2, 0.25) is 0 Å². The summed E-state index contributed by atoms with van der Waals surface area (Å²) in [4.78, 5) is 11.5. The van der Waals surface area contributed by atoms with Crippen LogP contribution in [0.4, 0.5) is 0 Å². The number of hydrogen-bond donors (Lipinski definition) is 1. The molecular formula is C16H18ClNO2. The summed E-state index contributed by atoms with van der Waals surface area (Å²) in [7, 11) is 1.38. The van der Waals surface area contributed by atoms with Crippen molar-refractivity contribution in [1.29, 1.82) is 0 Å². The predicted octanol–water partition coefficient (Wildman–Crippen LogP) is 3.58. The van der Waals surface area contributed by atoms with E-state index in [0.29, 0.717) is 5.56 Å². The van der Waals surface area contributed by atoms with Gasteiger partial charge in [-0.2, -0.15) is 0 Å².